The van der Waals surface area contributed by atoms with E-state index in [-0.39, 0.29) is 0 Å². The first-order chi connectivity index (χ1) is 9.65. The van der Waals surface area contributed by atoms with Crippen LogP contribution >= 0.6 is 38.9 Å². The highest BCUT2D eigenvalue weighted by atomic mass is 79.9. The zero-order valence-corrected chi connectivity index (χ0v) is 13.9. The first-order valence-corrected chi connectivity index (χ1v) is 8.12. The summed E-state index contributed by atoms with van der Waals surface area (Å²) >= 11 is 11.4. The topological polar surface area (TPSA) is 12.9 Å². The van der Waals surface area contributed by atoms with Gasteiger partial charge in [0.15, 0.2) is 0 Å². The predicted molar refractivity (Wildman–Crippen MR) is 90.4 cm³/mol. The van der Waals surface area contributed by atoms with Crippen molar-refractivity contribution in [1.29, 1.82) is 0 Å². The van der Waals surface area contributed by atoms with E-state index in [0.29, 0.717) is 0 Å². The Kier molecular flexibility index (Phi) is 3.92. The fourth-order valence-corrected chi connectivity index (χ4v) is 3.54. The van der Waals surface area contributed by atoms with Gasteiger partial charge in [-0.25, -0.2) is 4.98 Å². The third-order valence-electron chi connectivity index (χ3n) is 3.02. The zero-order valence-electron chi connectivity index (χ0n) is 10.7. The van der Waals surface area contributed by atoms with Crippen molar-refractivity contribution in [2.75, 3.05) is 0 Å². The second kappa shape index (κ2) is 5.68. The van der Waals surface area contributed by atoms with Gasteiger partial charge >= 0.3 is 0 Å². The SMILES string of the molecule is Cc1sc(-c2ccccc2Cl)nc1-c1ccc(Br)cc1. The van der Waals surface area contributed by atoms with Gasteiger partial charge in [0.25, 0.3) is 0 Å². The molecule has 3 rings (SSSR count). The molecule has 0 N–H and O–H groups in total. The summed E-state index contributed by atoms with van der Waals surface area (Å²) in [4.78, 5) is 5.96. The largest absolute Gasteiger partial charge is 0.236 e. The third kappa shape index (κ3) is 2.66. The van der Waals surface area contributed by atoms with Gasteiger partial charge < -0.3 is 0 Å². The van der Waals surface area contributed by atoms with Crippen LogP contribution in [0.3, 0.4) is 0 Å². The summed E-state index contributed by atoms with van der Waals surface area (Å²) in [6.07, 6.45) is 0. The minimum Gasteiger partial charge on any atom is -0.236 e. The average molecular weight is 365 g/mol. The molecule has 0 aliphatic heterocycles. The van der Waals surface area contributed by atoms with Gasteiger partial charge in [-0.1, -0.05) is 57.9 Å². The maximum absolute atomic E-state index is 6.25. The molecule has 1 nitrogen and oxygen atoms in total. The average Bonchev–Trinajstić information content (AvgIpc) is 2.82. The summed E-state index contributed by atoms with van der Waals surface area (Å²) in [6, 6.07) is 16.0. The van der Waals surface area contributed by atoms with E-state index < -0.39 is 0 Å². The molecular weight excluding hydrogens is 354 g/mol. The molecule has 1 aromatic heterocycles. The number of hydrogen-bond donors (Lipinski definition) is 0. The van der Waals surface area contributed by atoms with E-state index in [9.17, 15) is 0 Å². The number of thiazole rings is 1. The van der Waals surface area contributed by atoms with Gasteiger partial charge in [-0.05, 0) is 25.1 Å². The first-order valence-electron chi connectivity index (χ1n) is 6.13. The standard InChI is InChI=1S/C16H11BrClNS/c1-10-15(11-6-8-12(17)9-7-11)19-16(20-10)13-4-2-3-5-14(13)18/h2-9H,1H3. The monoisotopic (exact) mass is 363 g/mol. The van der Waals surface area contributed by atoms with Crippen molar-refractivity contribution in [3.63, 3.8) is 0 Å². The lowest BCUT2D eigenvalue weighted by atomic mass is 10.1. The van der Waals surface area contributed by atoms with Crippen LogP contribution in [0.2, 0.25) is 5.02 Å². The molecular formula is C16H11BrClNS. The number of aryl methyl sites for hydroxylation is 1. The van der Waals surface area contributed by atoms with Gasteiger partial charge in [-0.15, -0.1) is 11.3 Å². The van der Waals surface area contributed by atoms with Gasteiger partial charge in [0.2, 0.25) is 0 Å². The molecule has 0 aliphatic carbocycles. The smallest absolute Gasteiger partial charge is 0.125 e. The quantitative estimate of drug-likeness (QED) is 0.527. The fourth-order valence-electron chi connectivity index (χ4n) is 2.02. The molecule has 20 heavy (non-hydrogen) atoms. The maximum Gasteiger partial charge on any atom is 0.125 e. The van der Waals surface area contributed by atoms with Gasteiger partial charge in [0, 0.05) is 20.5 Å². The van der Waals surface area contributed by atoms with Crippen LogP contribution in [0, 0.1) is 6.92 Å². The normalized spacial score (nSPS) is 10.8. The van der Waals surface area contributed by atoms with E-state index >= 15 is 0 Å². The fraction of sp³-hybridized carbons (Fsp3) is 0.0625. The number of halogens is 2. The highest BCUT2D eigenvalue weighted by Gasteiger charge is 2.13. The molecule has 0 radical (unpaired) electrons. The summed E-state index contributed by atoms with van der Waals surface area (Å²) in [5.41, 5.74) is 3.14. The van der Waals surface area contributed by atoms with Gasteiger partial charge in [0.05, 0.1) is 10.7 Å². The van der Waals surface area contributed by atoms with Crippen LogP contribution in [0.15, 0.2) is 53.0 Å². The summed E-state index contributed by atoms with van der Waals surface area (Å²) in [5, 5.41) is 1.70. The molecule has 2 aromatic carbocycles. The number of benzene rings is 2. The molecule has 3 aromatic rings. The van der Waals surface area contributed by atoms with Crippen LogP contribution in [0.1, 0.15) is 4.88 Å². The van der Waals surface area contributed by atoms with Crippen LogP contribution in [-0.4, -0.2) is 4.98 Å². The van der Waals surface area contributed by atoms with Crippen molar-refractivity contribution in [2.24, 2.45) is 0 Å². The maximum atomic E-state index is 6.25. The lowest BCUT2D eigenvalue weighted by molar-refractivity contribution is 1.37. The van der Waals surface area contributed by atoms with Crippen LogP contribution in [0.25, 0.3) is 21.8 Å². The van der Waals surface area contributed by atoms with E-state index in [1.807, 2.05) is 36.4 Å². The van der Waals surface area contributed by atoms with Crippen molar-refractivity contribution in [3.8, 4) is 21.8 Å². The van der Waals surface area contributed by atoms with Crippen LogP contribution < -0.4 is 0 Å². The summed E-state index contributed by atoms with van der Waals surface area (Å²) in [6.45, 7) is 2.09. The Labute approximate surface area is 135 Å². The molecule has 4 heteroatoms. The third-order valence-corrected chi connectivity index (χ3v) is 4.88. The predicted octanol–water partition coefficient (Wildman–Crippen LogP) is 6.20. The highest BCUT2D eigenvalue weighted by Crippen LogP contribution is 2.36. The van der Waals surface area contributed by atoms with E-state index in [1.165, 1.54) is 4.88 Å². The second-order valence-electron chi connectivity index (χ2n) is 4.41. The minimum atomic E-state index is 0.739. The Morgan fingerprint density at radius 2 is 1.75 bits per heavy atom. The van der Waals surface area contributed by atoms with Crippen LogP contribution in [0.4, 0.5) is 0 Å². The number of nitrogens with zero attached hydrogens (tertiary/aromatic N) is 1. The number of rotatable bonds is 2. The van der Waals surface area contributed by atoms with Crippen LogP contribution in [0.5, 0.6) is 0 Å². The molecule has 1 heterocycles. The zero-order chi connectivity index (χ0) is 14.1. The Morgan fingerprint density at radius 1 is 1.05 bits per heavy atom. The highest BCUT2D eigenvalue weighted by molar-refractivity contribution is 9.10. The van der Waals surface area contributed by atoms with Crippen molar-refractivity contribution >= 4 is 38.9 Å². The van der Waals surface area contributed by atoms with E-state index in [4.69, 9.17) is 16.6 Å². The number of aromatic nitrogens is 1. The Hall–Kier alpha value is -1.16. The van der Waals surface area contributed by atoms with Crippen molar-refractivity contribution in [1.82, 2.24) is 4.98 Å². The molecule has 0 saturated heterocycles. The first kappa shape index (κ1) is 13.8. The van der Waals surface area contributed by atoms with Crippen molar-refractivity contribution in [3.05, 3.63) is 62.9 Å². The van der Waals surface area contributed by atoms with E-state index in [1.54, 1.807) is 11.3 Å². The molecule has 0 spiro atoms. The van der Waals surface area contributed by atoms with E-state index in [2.05, 4.69) is 35.0 Å². The molecule has 0 atom stereocenters. The summed E-state index contributed by atoms with van der Waals surface area (Å²) < 4.78 is 1.07. The van der Waals surface area contributed by atoms with Crippen molar-refractivity contribution in [2.45, 2.75) is 6.92 Å². The van der Waals surface area contributed by atoms with E-state index in [0.717, 1.165) is 31.3 Å². The summed E-state index contributed by atoms with van der Waals surface area (Å²) in [7, 11) is 0. The molecule has 0 fully saturated rings. The molecule has 100 valence electrons. The Balaban J connectivity index is 2.08. The van der Waals surface area contributed by atoms with Gasteiger partial charge in [-0.2, -0.15) is 0 Å². The van der Waals surface area contributed by atoms with Crippen LogP contribution in [-0.2, 0) is 0 Å². The summed E-state index contributed by atoms with van der Waals surface area (Å²) in [5.74, 6) is 0. The molecule has 0 bridgehead atoms. The van der Waals surface area contributed by atoms with Gasteiger partial charge in [-0.3, -0.25) is 0 Å². The lowest BCUT2D eigenvalue weighted by Crippen LogP contribution is -1.81. The number of hydrogen-bond acceptors (Lipinski definition) is 2. The molecule has 0 amide bonds. The minimum absolute atomic E-state index is 0.739. The lowest BCUT2D eigenvalue weighted by Gasteiger charge is -1.99. The molecule has 0 unspecified atom stereocenters. The second-order valence-corrected chi connectivity index (χ2v) is 6.94. The molecule has 0 saturated carbocycles. The van der Waals surface area contributed by atoms with Crippen molar-refractivity contribution < 1.29 is 0 Å². The Morgan fingerprint density at radius 3 is 2.45 bits per heavy atom. The molecule has 0 aliphatic rings. The van der Waals surface area contributed by atoms with Gasteiger partial charge in [0.1, 0.15) is 5.01 Å². The Bertz CT molecular complexity index is 749.